The van der Waals surface area contributed by atoms with Crippen molar-refractivity contribution < 1.29 is 24.6 Å². The molecular formula is C20H29N5O5S. The minimum Gasteiger partial charge on any atom is -0.477 e. The van der Waals surface area contributed by atoms with E-state index in [-0.39, 0.29) is 46.8 Å². The highest BCUT2D eigenvalue weighted by atomic mass is 32.2. The van der Waals surface area contributed by atoms with Gasteiger partial charge >= 0.3 is 5.97 Å². The minimum absolute atomic E-state index is 0.0278. The zero-order chi connectivity index (χ0) is 22.4. The molecule has 4 aliphatic heterocycles. The largest absolute Gasteiger partial charge is 0.477 e. The van der Waals surface area contributed by atoms with Crippen LogP contribution in [0.3, 0.4) is 0 Å². The Morgan fingerprint density at radius 2 is 2.16 bits per heavy atom. The summed E-state index contributed by atoms with van der Waals surface area (Å²) in [6.45, 7) is 5.28. The van der Waals surface area contributed by atoms with Crippen molar-refractivity contribution in [1.29, 1.82) is 0 Å². The number of nitrogens with two attached hydrogens (primary N) is 1. The fourth-order valence-corrected chi connectivity index (χ4v) is 6.72. The molecule has 3 saturated heterocycles. The van der Waals surface area contributed by atoms with E-state index < -0.39 is 18.0 Å². The number of carboxylic acid groups (broad SMARTS) is 1. The van der Waals surface area contributed by atoms with Crippen LogP contribution >= 0.6 is 11.8 Å². The van der Waals surface area contributed by atoms with E-state index in [9.17, 15) is 24.6 Å². The van der Waals surface area contributed by atoms with E-state index in [0.29, 0.717) is 31.0 Å². The van der Waals surface area contributed by atoms with Gasteiger partial charge in [-0.15, -0.1) is 11.8 Å². The highest BCUT2D eigenvalue weighted by molar-refractivity contribution is 8.03. The number of hydrogen-bond acceptors (Lipinski definition) is 7. The van der Waals surface area contributed by atoms with Crippen LogP contribution in [0, 0.1) is 11.8 Å². The number of aliphatic hydroxyl groups is 1. The fraction of sp³-hybridized carbons (Fsp3) is 0.700. The highest BCUT2D eigenvalue weighted by Gasteiger charge is 2.60. The molecule has 7 atom stereocenters. The zero-order valence-corrected chi connectivity index (χ0v) is 18.4. The van der Waals surface area contributed by atoms with Crippen LogP contribution in [-0.2, 0) is 14.4 Å². The maximum atomic E-state index is 12.9. The second kappa shape index (κ2) is 8.44. The molecule has 0 spiro atoms. The van der Waals surface area contributed by atoms with Crippen molar-refractivity contribution in [1.82, 2.24) is 15.1 Å². The van der Waals surface area contributed by atoms with Gasteiger partial charge in [0.15, 0.2) is 0 Å². The first-order valence-corrected chi connectivity index (χ1v) is 11.5. The smallest absolute Gasteiger partial charge is 0.353 e. The number of aliphatic carboxylic acids is 1. The number of aliphatic hydroxyl groups excluding tert-OH is 1. The number of rotatable bonds is 6. The minimum atomic E-state index is -1.13. The maximum absolute atomic E-state index is 12.9. The highest BCUT2D eigenvalue weighted by Crippen LogP contribution is 2.51. The van der Waals surface area contributed by atoms with Crippen molar-refractivity contribution >= 4 is 35.9 Å². The summed E-state index contributed by atoms with van der Waals surface area (Å²) in [4.78, 5) is 45.3. The van der Waals surface area contributed by atoms with Crippen molar-refractivity contribution in [2.75, 3.05) is 19.6 Å². The molecule has 4 rings (SSSR count). The molecule has 0 aromatic heterocycles. The number of nitrogens with one attached hydrogen (secondary N) is 1. The quantitative estimate of drug-likeness (QED) is 0.233. The Bertz CT molecular complexity index is 846. The number of carbonyl (C=O) groups is 3. The van der Waals surface area contributed by atoms with Crippen LogP contribution in [-0.4, -0.2) is 93.2 Å². The molecule has 2 amide bonds. The molecule has 4 heterocycles. The normalized spacial score (nSPS) is 36.3. The van der Waals surface area contributed by atoms with Crippen molar-refractivity contribution in [3.63, 3.8) is 0 Å². The van der Waals surface area contributed by atoms with Crippen LogP contribution in [0.4, 0.5) is 0 Å². The molecule has 11 heteroatoms. The lowest BCUT2D eigenvalue weighted by molar-refractivity contribution is -0.163. The van der Waals surface area contributed by atoms with E-state index in [4.69, 9.17) is 5.73 Å². The van der Waals surface area contributed by atoms with Crippen LogP contribution < -0.4 is 11.1 Å². The Kier molecular flexibility index (Phi) is 6.01. The van der Waals surface area contributed by atoms with Gasteiger partial charge in [-0.25, -0.2) is 4.79 Å². The summed E-state index contributed by atoms with van der Waals surface area (Å²) in [6, 6.07) is -0.586. The van der Waals surface area contributed by atoms with Gasteiger partial charge in [0.2, 0.25) is 11.8 Å². The number of aliphatic imine (C=N–C) groups is 1. The Morgan fingerprint density at radius 1 is 1.42 bits per heavy atom. The van der Waals surface area contributed by atoms with Gasteiger partial charge in [-0.05, 0) is 19.8 Å². The second-order valence-electron chi connectivity index (χ2n) is 8.73. The fourth-order valence-electron chi connectivity index (χ4n) is 5.25. The Morgan fingerprint density at radius 3 is 2.81 bits per heavy atom. The third-order valence-electron chi connectivity index (χ3n) is 6.77. The lowest BCUT2D eigenvalue weighted by Gasteiger charge is -2.46. The molecule has 31 heavy (non-hydrogen) atoms. The Hall–Kier alpha value is -2.11. The summed E-state index contributed by atoms with van der Waals surface area (Å²) in [6.07, 6.45) is 1.85. The summed E-state index contributed by atoms with van der Waals surface area (Å²) in [7, 11) is 0. The monoisotopic (exact) mass is 451 g/mol. The predicted molar refractivity (Wildman–Crippen MR) is 115 cm³/mol. The van der Waals surface area contributed by atoms with Gasteiger partial charge in [-0.2, -0.15) is 0 Å². The summed E-state index contributed by atoms with van der Waals surface area (Å²) >= 11 is 1.45. The number of hydrogen-bond donors (Lipinski definition) is 4. The van der Waals surface area contributed by atoms with Gasteiger partial charge in [0.05, 0.1) is 36.5 Å². The van der Waals surface area contributed by atoms with Crippen LogP contribution in [0.5, 0.6) is 0 Å². The number of fused-ring (bicyclic) bond motifs is 1. The molecule has 0 aromatic carbocycles. The summed E-state index contributed by atoms with van der Waals surface area (Å²) in [5.41, 5.74) is 5.38. The second-order valence-corrected chi connectivity index (χ2v) is 10.1. The first kappa shape index (κ1) is 22.1. The summed E-state index contributed by atoms with van der Waals surface area (Å²) in [5, 5.41) is 23.0. The number of nitrogens with zero attached hydrogens (tertiary/aromatic N) is 3. The van der Waals surface area contributed by atoms with E-state index in [1.54, 1.807) is 11.8 Å². The molecule has 0 saturated carbocycles. The third-order valence-corrected chi connectivity index (χ3v) is 8.28. The van der Waals surface area contributed by atoms with Crippen molar-refractivity contribution in [3.05, 3.63) is 10.6 Å². The first-order valence-electron chi connectivity index (χ1n) is 10.6. The van der Waals surface area contributed by atoms with E-state index in [2.05, 4.69) is 10.3 Å². The van der Waals surface area contributed by atoms with Gasteiger partial charge in [0, 0.05) is 35.7 Å². The number of β-lactam (4-membered cyclic amide) rings is 1. The van der Waals surface area contributed by atoms with E-state index in [1.807, 2.05) is 6.92 Å². The molecule has 0 aromatic rings. The number of likely N-dealkylation sites (tertiary alicyclic amines) is 1. The van der Waals surface area contributed by atoms with Gasteiger partial charge in [-0.1, -0.05) is 6.92 Å². The van der Waals surface area contributed by atoms with E-state index in [0.717, 1.165) is 6.42 Å². The number of carbonyl (C=O) groups excluding carboxylic acids is 2. The van der Waals surface area contributed by atoms with Crippen LogP contribution in [0.2, 0.25) is 0 Å². The molecular weight excluding hydrogens is 422 g/mol. The van der Waals surface area contributed by atoms with Crippen molar-refractivity contribution in [2.24, 2.45) is 22.6 Å². The number of thioether (sulfide) groups is 1. The van der Waals surface area contributed by atoms with Crippen molar-refractivity contribution in [3.8, 4) is 0 Å². The van der Waals surface area contributed by atoms with Crippen LogP contribution in [0.15, 0.2) is 15.6 Å². The van der Waals surface area contributed by atoms with Gasteiger partial charge < -0.3 is 31.1 Å². The average Bonchev–Trinajstić information content (AvgIpc) is 3.41. The average molecular weight is 452 g/mol. The zero-order valence-electron chi connectivity index (χ0n) is 17.6. The molecule has 0 aliphatic carbocycles. The third kappa shape index (κ3) is 3.72. The van der Waals surface area contributed by atoms with Crippen LogP contribution in [0.1, 0.15) is 26.7 Å². The SMILES string of the molecule is CC(O)C1C(=O)N2C(C(=O)O)=C(SC3CNC(C(=O)N4CCC(N=CN)C4)C3)C(C)[C@H]12. The molecule has 10 nitrogen and oxygen atoms in total. The lowest BCUT2D eigenvalue weighted by Crippen LogP contribution is -2.63. The summed E-state index contributed by atoms with van der Waals surface area (Å²) in [5.74, 6) is -2.16. The van der Waals surface area contributed by atoms with E-state index in [1.165, 1.54) is 23.0 Å². The standard InChI is InChI=1S/C20H29N5O5S/c1-9-15-14(10(2)26)19(28)25(15)16(20(29)30)17(9)31-12-5-13(22-6-12)18(27)24-4-3-11(7-24)23-8-21/h8-15,22,26H,3-7H2,1-2H3,(H2,21,23)(H,29,30)/t9?,10?,11?,12?,13?,14?,15-/m1/s1. The molecule has 0 bridgehead atoms. The van der Waals surface area contributed by atoms with Gasteiger partial charge in [0.25, 0.3) is 0 Å². The topological polar surface area (TPSA) is 149 Å². The molecule has 6 unspecified atom stereocenters. The van der Waals surface area contributed by atoms with Gasteiger partial charge in [-0.3, -0.25) is 14.6 Å². The molecule has 5 N–H and O–H groups in total. The first-order chi connectivity index (χ1) is 14.7. The molecule has 3 fully saturated rings. The Balaban J connectivity index is 1.42. The predicted octanol–water partition coefficient (Wildman–Crippen LogP) is -0.808. The molecule has 170 valence electrons. The lowest BCUT2D eigenvalue weighted by atomic mass is 9.79. The maximum Gasteiger partial charge on any atom is 0.353 e. The molecule has 4 aliphatic rings. The van der Waals surface area contributed by atoms with Crippen molar-refractivity contribution in [2.45, 2.75) is 56.2 Å². The Labute approximate surface area is 184 Å². The number of amides is 2. The summed E-state index contributed by atoms with van der Waals surface area (Å²) < 4.78 is 0. The van der Waals surface area contributed by atoms with Gasteiger partial charge in [0.1, 0.15) is 5.70 Å². The van der Waals surface area contributed by atoms with E-state index >= 15 is 0 Å². The number of carboxylic acids is 1. The molecule has 0 radical (unpaired) electrons. The van der Waals surface area contributed by atoms with Crippen LogP contribution in [0.25, 0.3) is 0 Å².